The van der Waals surface area contributed by atoms with E-state index >= 15 is 0 Å². The van der Waals surface area contributed by atoms with E-state index in [-0.39, 0.29) is 11.9 Å². The quantitative estimate of drug-likeness (QED) is 0.774. The summed E-state index contributed by atoms with van der Waals surface area (Å²) in [4.78, 5) is 15.3. The van der Waals surface area contributed by atoms with Crippen LogP contribution in [0.4, 0.5) is 0 Å². The summed E-state index contributed by atoms with van der Waals surface area (Å²) >= 11 is 0. The molecule has 0 bridgehead atoms. The van der Waals surface area contributed by atoms with Gasteiger partial charge in [-0.25, -0.2) is 0 Å². The lowest BCUT2D eigenvalue weighted by Gasteiger charge is -2.22. The zero-order chi connectivity index (χ0) is 11.9. The summed E-state index contributed by atoms with van der Waals surface area (Å²) in [5.74, 6) is -0.352. The first kappa shape index (κ1) is 10.7. The molecule has 1 amide bonds. The van der Waals surface area contributed by atoms with Crippen molar-refractivity contribution in [1.82, 2.24) is 0 Å². The van der Waals surface area contributed by atoms with Crippen LogP contribution in [-0.2, 0) is 15.1 Å². The van der Waals surface area contributed by atoms with Crippen molar-refractivity contribution >= 4 is 11.9 Å². The number of aliphatic imine (C=N–C) groups is 1. The lowest BCUT2D eigenvalue weighted by atomic mass is 9.92. The highest BCUT2D eigenvalue weighted by molar-refractivity contribution is 6.01. The van der Waals surface area contributed by atoms with Crippen molar-refractivity contribution in [2.75, 3.05) is 0 Å². The van der Waals surface area contributed by atoms with Gasteiger partial charge in [0.2, 0.25) is 5.60 Å². The Hall–Kier alpha value is -1.84. The van der Waals surface area contributed by atoms with Crippen LogP contribution in [0.5, 0.6) is 0 Å². The predicted molar refractivity (Wildman–Crippen MR) is 61.0 cm³/mol. The van der Waals surface area contributed by atoms with Crippen molar-refractivity contribution in [3.8, 4) is 0 Å². The van der Waals surface area contributed by atoms with Crippen molar-refractivity contribution in [2.24, 2.45) is 10.7 Å². The van der Waals surface area contributed by atoms with E-state index in [4.69, 9.17) is 10.5 Å². The van der Waals surface area contributed by atoms with Crippen molar-refractivity contribution in [1.29, 1.82) is 0 Å². The number of nitrogens with two attached hydrogens (primary N) is 1. The van der Waals surface area contributed by atoms with Gasteiger partial charge in [-0.05, 0) is 20.8 Å². The molecule has 84 valence electrons. The average Bonchev–Trinajstić information content (AvgIpc) is 2.40. The Labute approximate surface area is 94.1 Å². The SMILES string of the molecule is Cc1cc(C)cc(C2(C)OC(N)=NC2=O)c1. The fraction of sp³-hybridized carbons (Fsp3) is 0.333. The van der Waals surface area contributed by atoms with Crippen LogP contribution < -0.4 is 5.73 Å². The Bertz CT molecular complexity index is 474. The van der Waals surface area contributed by atoms with Gasteiger partial charge in [0.05, 0.1) is 0 Å². The van der Waals surface area contributed by atoms with Gasteiger partial charge in [0.25, 0.3) is 11.9 Å². The van der Waals surface area contributed by atoms with Crippen LogP contribution in [0.15, 0.2) is 23.2 Å². The Morgan fingerprint density at radius 2 is 1.81 bits per heavy atom. The fourth-order valence-corrected chi connectivity index (χ4v) is 1.91. The zero-order valence-electron chi connectivity index (χ0n) is 9.57. The molecule has 1 aromatic carbocycles. The molecule has 4 heteroatoms. The minimum atomic E-state index is -1.07. The second-order valence-corrected chi connectivity index (χ2v) is 4.27. The first-order valence-corrected chi connectivity index (χ1v) is 5.08. The first-order chi connectivity index (χ1) is 7.41. The largest absolute Gasteiger partial charge is 0.444 e. The van der Waals surface area contributed by atoms with E-state index in [2.05, 4.69) is 4.99 Å². The van der Waals surface area contributed by atoms with Crippen LogP contribution in [0.1, 0.15) is 23.6 Å². The Morgan fingerprint density at radius 1 is 1.25 bits per heavy atom. The molecule has 1 heterocycles. The molecule has 1 aliphatic rings. The summed E-state index contributed by atoms with van der Waals surface area (Å²) in [7, 11) is 0. The number of aryl methyl sites for hydroxylation is 2. The fourth-order valence-electron chi connectivity index (χ4n) is 1.91. The lowest BCUT2D eigenvalue weighted by molar-refractivity contribution is -0.130. The molecule has 1 atom stereocenters. The maximum Gasteiger partial charge on any atom is 0.298 e. The van der Waals surface area contributed by atoms with Gasteiger partial charge >= 0.3 is 0 Å². The number of hydrogen-bond donors (Lipinski definition) is 1. The molecule has 16 heavy (non-hydrogen) atoms. The van der Waals surface area contributed by atoms with Crippen LogP contribution in [0.2, 0.25) is 0 Å². The molecular formula is C12H14N2O2. The molecule has 0 aromatic heterocycles. The predicted octanol–water partition coefficient (Wildman–Crippen LogP) is 1.39. The molecule has 2 N–H and O–H groups in total. The van der Waals surface area contributed by atoms with Crippen molar-refractivity contribution in [3.05, 3.63) is 34.9 Å². The Kier molecular flexibility index (Phi) is 2.22. The Balaban J connectivity index is 2.49. The third-order valence-corrected chi connectivity index (χ3v) is 2.70. The summed E-state index contributed by atoms with van der Waals surface area (Å²) < 4.78 is 5.34. The third kappa shape index (κ3) is 1.56. The Morgan fingerprint density at radius 3 is 2.25 bits per heavy atom. The molecule has 1 aromatic rings. The topological polar surface area (TPSA) is 64.7 Å². The van der Waals surface area contributed by atoms with E-state index in [0.717, 1.165) is 16.7 Å². The van der Waals surface area contributed by atoms with E-state index in [1.165, 1.54) is 0 Å². The summed E-state index contributed by atoms with van der Waals surface area (Å²) in [6.45, 7) is 5.64. The van der Waals surface area contributed by atoms with Gasteiger partial charge in [0.1, 0.15) is 0 Å². The van der Waals surface area contributed by atoms with Gasteiger partial charge in [0, 0.05) is 5.56 Å². The summed E-state index contributed by atoms with van der Waals surface area (Å²) in [5, 5.41) is 0. The molecular weight excluding hydrogens is 204 g/mol. The number of nitrogens with zero attached hydrogens (tertiary/aromatic N) is 1. The van der Waals surface area contributed by atoms with Crippen LogP contribution in [-0.4, -0.2) is 11.9 Å². The number of carbonyl (C=O) groups excluding carboxylic acids is 1. The molecule has 1 unspecified atom stereocenters. The van der Waals surface area contributed by atoms with Crippen LogP contribution in [0, 0.1) is 13.8 Å². The monoisotopic (exact) mass is 218 g/mol. The standard InChI is InChI=1S/C12H14N2O2/c1-7-4-8(2)6-9(5-7)12(3)10(15)14-11(13)16-12/h4-6H,1-3H3,(H2,13,14,15). The van der Waals surface area contributed by atoms with Crippen molar-refractivity contribution in [2.45, 2.75) is 26.4 Å². The summed E-state index contributed by atoms with van der Waals surface area (Å²) in [6.07, 6.45) is 0. The number of ether oxygens (including phenoxy) is 1. The highest BCUT2D eigenvalue weighted by Crippen LogP contribution is 2.31. The number of carbonyl (C=O) groups is 1. The first-order valence-electron chi connectivity index (χ1n) is 5.08. The number of benzene rings is 1. The van der Waals surface area contributed by atoms with Gasteiger partial charge in [-0.15, -0.1) is 0 Å². The van der Waals surface area contributed by atoms with Gasteiger partial charge in [-0.3, -0.25) is 4.79 Å². The van der Waals surface area contributed by atoms with Crippen LogP contribution in [0.25, 0.3) is 0 Å². The minimum Gasteiger partial charge on any atom is -0.444 e. The average molecular weight is 218 g/mol. The molecule has 1 aliphatic heterocycles. The van der Waals surface area contributed by atoms with Gasteiger partial charge in [0.15, 0.2) is 0 Å². The zero-order valence-corrected chi connectivity index (χ0v) is 9.57. The maximum atomic E-state index is 11.7. The second kappa shape index (κ2) is 3.33. The number of hydrogen-bond acceptors (Lipinski definition) is 3. The normalized spacial score (nSPS) is 24.2. The molecule has 0 radical (unpaired) electrons. The van der Waals surface area contributed by atoms with Crippen molar-refractivity contribution < 1.29 is 9.53 Å². The maximum absolute atomic E-state index is 11.7. The smallest absolute Gasteiger partial charge is 0.298 e. The van der Waals surface area contributed by atoms with Gasteiger partial charge in [-0.1, -0.05) is 29.3 Å². The minimum absolute atomic E-state index is 0.0633. The number of rotatable bonds is 1. The van der Waals surface area contributed by atoms with E-state index in [0.29, 0.717) is 0 Å². The highest BCUT2D eigenvalue weighted by atomic mass is 16.5. The molecule has 0 spiro atoms. The second-order valence-electron chi connectivity index (χ2n) is 4.27. The highest BCUT2D eigenvalue weighted by Gasteiger charge is 2.43. The van der Waals surface area contributed by atoms with Gasteiger partial charge in [-0.2, -0.15) is 4.99 Å². The summed E-state index contributed by atoms with van der Waals surface area (Å²) in [5.41, 5.74) is 7.31. The van der Waals surface area contributed by atoms with E-state index in [1.54, 1.807) is 6.92 Å². The number of amides is 1. The third-order valence-electron chi connectivity index (χ3n) is 2.70. The van der Waals surface area contributed by atoms with Crippen molar-refractivity contribution in [3.63, 3.8) is 0 Å². The molecule has 0 aliphatic carbocycles. The molecule has 4 nitrogen and oxygen atoms in total. The number of amidine groups is 1. The molecule has 2 rings (SSSR count). The van der Waals surface area contributed by atoms with E-state index < -0.39 is 5.60 Å². The molecule has 0 saturated heterocycles. The van der Waals surface area contributed by atoms with Crippen LogP contribution >= 0.6 is 0 Å². The van der Waals surface area contributed by atoms with Crippen LogP contribution in [0.3, 0.4) is 0 Å². The van der Waals surface area contributed by atoms with E-state index in [1.807, 2.05) is 32.0 Å². The molecule has 0 saturated carbocycles. The van der Waals surface area contributed by atoms with E-state index in [9.17, 15) is 4.79 Å². The lowest BCUT2D eigenvalue weighted by Crippen LogP contribution is -2.32. The molecule has 0 fully saturated rings. The van der Waals surface area contributed by atoms with Gasteiger partial charge < -0.3 is 10.5 Å². The summed E-state index contributed by atoms with van der Waals surface area (Å²) in [6, 6.07) is 5.81.